The second kappa shape index (κ2) is 15.5. The minimum absolute atomic E-state index is 0.339. The minimum atomic E-state index is -3.76. The van der Waals surface area contributed by atoms with E-state index in [9.17, 15) is 22.9 Å². The third-order valence-corrected chi connectivity index (χ3v) is 13.6. The quantitative estimate of drug-likeness (QED) is 0.0791. The number of unbranched alkanes of at least 4 members (excludes halogenated alkanes) is 2. The molecule has 0 bridgehead atoms. The zero-order valence-electron chi connectivity index (χ0n) is 24.9. The molecule has 0 radical (unpaired) electrons. The molecule has 0 fully saturated rings. The fraction of sp³-hybridized carbons (Fsp3) is 0.355. The molecule has 0 aliphatic rings. The zero-order chi connectivity index (χ0) is 31.5. The summed E-state index contributed by atoms with van der Waals surface area (Å²) in [5.74, 6) is -0.408. The molecular weight excluding hydrogens is 605 g/mol. The summed E-state index contributed by atoms with van der Waals surface area (Å²) in [6.07, 6.45) is 4.13. The van der Waals surface area contributed by atoms with E-state index >= 15 is 0 Å². The van der Waals surface area contributed by atoms with Crippen molar-refractivity contribution in [3.63, 3.8) is 0 Å². The van der Waals surface area contributed by atoms with Gasteiger partial charge >= 0.3 is 260 Å². The van der Waals surface area contributed by atoms with Crippen molar-refractivity contribution in [1.82, 2.24) is 10.6 Å². The van der Waals surface area contributed by atoms with Crippen LogP contribution in [0.25, 0.3) is 0 Å². The first-order chi connectivity index (χ1) is 20.4. The third-order valence-electron chi connectivity index (χ3n) is 7.23. The molecule has 2 amide bonds. The van der Waals surface area contributed by atoms with Gasteiger partial charge in [0, 0.05) is 0 Å². The van der Waals surface area contributed by atoms with Crippen molar-refractivity contribution in [2.75, 3.05) is 19.0 Å². The van der Waals surface area contributed by atoms with Crippen LogP contribution in [0.3, 0.4) is 0 Å². The molecule has 0 aliphatic carbocycles. The monoisotopic (exact) mass is 645 g/mol. The molecule has 0 saturated carbocycles. The molecule has 0 saturated heterocycles. The average Bonchev–Trinajstić information content (AvgIpc) is 2.96. The second-order valence-electron chi connectivity index (χ2n) is 10.9. The Balaban J connectivity index is 1.85. The number of hydrogen-bond acceptors (Lipinski definition) is 8. The van der Waals surface area contributed by atoms with Gasteiger partial charge in [0.05, 0.1) is 0 Å². The summed E-state index contributed by atoms with van der Waals surface area (Å²) >= 11 is 0.711. The summed E-state index contributed by atoms with van der Waals surface area (Å²) in [4.78, 5) is 35.6. The molecule has 0 aliphatic heterocycles. The standard InChI is InChI=1S/C31H40N3O6PS2/c1-24(35)33-29(31(2,3)42-34-37)30(36)32-22-14-7-15-23-41(25-16-8-5-9-17-25,26-18-10-6-11-19-26)28-21-13-12-20-27(28)40-43(4,38)39/h5-6,8-13,16-21,29,41H,7,14-15,22-23H2,1-4H3,(H,32,36)(H,33,35). The van der Waals surface area contributed by atoms with E-state index in [-0.39, 0.29) is 11.8 Å². The van der Waals surface area contributed by atoms with Gasteiger partial charge in [-0.2, -0.15) is 0 Å². The molecule has 1 atom stereocenters. The fourth-order valence-corrected chi connectivity index (χ4v) is 11.4. The molecule has 3 aromatic carbocycles. The zero-order valence-corrected chi connectivity index (χ0v) is 27.5. The normalized spacial score (nSPS) is 13.0. The number of rotatable bonds is 16. The summed E-state index contributed by atoms with van der Waals surface area (Å²) in [7, 11) is -6.55. The molecule has 0 aromatic heterocycles. The molecular formula is C31H40N3O6PS2. The van der Waals surface area contributed by atoms with Crippen LogP contribution in [0.1, 0.15) is 40.0 Å². The Morgan fingerprint density at radius 3 is 2.00 bits per heavy atom. The van der Waals surface area contributed by atoms with E-state index in [1.54, 1.807) is 26.0 Å². The number of para-hydroxylation sites is 1. The molecule has 0 spiro atoms. The van der Waals surface area contributed by atoms with E-state index in [4.69, 9.17) is 4.18 Å². The number of nitrogens with one attached hydrogen (secondary N) is 2. The van der Waals surface area contributed by atoms with Crippen LogP contribution in [0.2, 0.25) is 0 Å². The summed E-state index contributed by atoms with van der Waals surface area (Å²) in [6, 6.07) is 26.8. The average molecular weight is 646 g/mol. The van der Waals surface area contributed by atoms with Gasteiger partial charge in [0.2, 0.25) is 0 Å². The first-order valence-electron chi connectivity index (χ1n) is 14.1. The van der Waals surface area contributed by atoms with Crippen molar-refractivity contribution in [3.05, 3.63) is 89.8 Å². The number of benzene rings is 3. The van der Waals surface area contributed by atoms with Gasteiger partial charge in [-0.05, 0) is 0 Å². The van der Waals surface area contributed by atoms with Gasteiger partial charge in [-0.3, -0.25) is 0 Å². The van der Waals surface area contributed by atoms with Crippen LogP contribution in [0, 0.1) is 4.91 Å². The first kappa shape index (κ1) is 34.2. The van der Waals surface area contributed by atoms with Gasteiger partial charge in [0.1, 0.15) is 0 Å². The van der Waals surface area contributed by atoms with Gasteiger partial charge in [-0.25, -0.2) is 0 Å². The van der Waals surface area contributed by atoms with Crippen LogP contribution >= 0.6 is 19.2 Å². The van der Waals surface area contributed by atoms with Crippen LogP contribution < -0.4 is 30.7 Å². The molecule has 3 rings (SSSR count). The number of carbonyl (C=O) groups is 2. The van der Waals surface area contributed by atoms with Gasteiger partial charge in [-0.15, -0.1) is 0 Å². The number of nitroso groups, excluding NO2 is 1. The second-order valence-corrected chi connectivity index (χ2v) is 17.9. The van der Waals surface area contributed by atoms with Crippen molar-refractivity contribution < 1.29 is 22.2 Å². The van der Waals surface area contributed by atoms with Crippen molar-refractivity contribution in [2.45, 2.75) is 50.8 Å². The van der Waals surface area contributed by atoms with E-state index in [0.29, 0.717) is 30.7 Å². The third kappa shape index (κ3) is 9.36. The predicted octanol–water partition coefficient (Wildman–Crippen LogP) is 4.04. The molecule has 2 N–H and O–H groups in total. The maximum absolute atomic E-state index is 13.0. The van der Waals surface area contributed by atoms with Gasteiger partial charge in [0.25, 0.3) is 0 Å². The number of carbonyl (C=O) groups excluding carboxylic acids is 2. The first-order valence-corrected chi connectivity index (χ1v) is 18.9. The van der Waals surface area contributed by atoms with E-state index in [2.05, 4.69) is 39.5 Å². The number of amides is 2. The molecule has 12 heteroatoms. The van der Waals surface area contributed by atoms with Crippen molar-refractivity contribution in [2.24, 2.45) is 4.58 Å². The Kier molecular flexibility index (Phi) is 12.3. The molecule has 1 unspecified atom stereocenters. The van der Waals surface area contributed by atoms with Crippen molar-refractivity contribution in [1.29, 1.82) is 0 Å². The summed E-state index contributed by atoms with van der Waals surface area (Å²) in [5.41, 5.74) is 0. The van der Waals surface area contributed by atoms with Gasteiger partial charge in [-0.1, -0.05) is 0 Å². The van der Waals surface area contributed by atoms with Crippen molar-refractivity contribution in [3.8, 4) is 5.75 Å². The van der Waals surface area contributed by atoms with Crippen molar-refractivity contribution >= 4 is 57.1 Å². The van der Waals surface area contributed by atoms with E-state index in [0.717, 1.165) is 41.2 Å². The van der Waals surface area contributed by atoms with Gasteiger partial charge in [0.15, 0.2) is 0 Å². The predicted molar refractivity (Wildman–Crippen MR) is 179 cm³/mol. The van der Waals surface area contributed by atoms with E-state index in [1.165, 1.54) is 6.92 Å². The van der Waals surface area contributed by atoms with Crippen LogP contribution in [0.15, 0.2) is 89.5 Å². The molecule has 43 heavy (non-hydrogen) atoms. The Morgan fingerprint density at radius 2 is 1.47 bits per heavy atom. The topological polar surface area (TPSA) is 131 Å². The molecule has 232 valence electrons. The Labute approximate surface area is 259 Å². The van der Waals surface area contributed by atoms with E-state index < -0.39 is 28.2 Å². The molecule has 0 heterocycles. The Hall–Kier alpha value is -3.27. The number of hydrogen-bond donors (Lipinski definition) is 2. The molecule has 3 aromatic rings. The van der Waals surface area contributed by atoms with Gasteiger partial charge < -0.3 is 0 Å². The molecule has 9 nitrogen and oxygen atoms in total. The fourth-order valence-electron chi connectivity index (χ4n) is 5.31. The summed E-state index contributed by atoms with van der Waals surface area (Å²) in [5, 5.41) is 8.69. The maximum atomic E-state index is 13.0. The van der Waals surface area contributed by atoms with Crippen LogP contribution in [0.4, 0.5) is 0 Å². The number of nitrogens with zero attached hydrogens (tertiary/aromatic N) is 1. The van der Waals surface area contributed by atoms with Crippen LogP contribution in [0.5, 0.6) is 5.75 Å². The SMILES string of the molecule is CC(=O)NC(C(=O)NCCCCC[PH](c1ccccc1)(c1ccccc1)c1ccccc1OS(C)(=O)=O)C(C)(C)SN=O. The summed E-state index contributed by atoms with van der Waals surface area (Å²) < 4.78 is 32.0. The van der Waals surface area contributed by atoms with E-state index in [1.807, 2.05) is 48.5 Å². The Bertz CT molecular complexity index is 1450. The van der Waals surface area contributed by atoms with Crippen LogP contribution in [-0.4, -0.2) is 50.0 Å². The Morgan fingerprint density at radius 1 is 0.907 bits per heavy atom. The summed E-state index contributed by atoms with van der Waals surface area (Å²) in [6.45, 7) is 5.08. The van der Waals surface area contributed by atoms with Crippen LogP contribution in [-0.2, 0) is 19.7 Å².